The third kappa shape index (κ3) is 3.00. The lowest BCUT2D eigenvalue weighted by Gasteiger charge is -2.41. The van der Waals surface area contributed by atoms with Gasteiger partial charge in [-0.25, -0.2) is 4.79 Å². The van der Waals surface area contributed by atoms with Gasteiger partial charge in [0.05, 0.1) is 0 Å². The molecule has 5 nitrogen and oxygen atoms in total. The Morgan fingerprint density at radius 3 is 2.55 bits per heavy atom. The average molecular weight is 299 g/mol. The fraction of sp³-hybridized carbons (Fsp3) is 0.786. The number of aliphatic carboxylic acids is 1. The van der Waals surface area contributed by atoms with Gasteiger partial charge in [-0.3, -0.25) is 9.59 Å². The van der Waals surface area contributed by atoms with Crippen LogP contribution in [0.1, 0.15) is 45.4 Å². The number of hydrogen-bond acceptors (Lipinski definition) is 4. The van der Waals surface area contributed by atoms with E-state index < -0.39 is 11.5 Å². The number of thioether (sulfide) groups is 1. The van der Waals surface area contributed by atoms with E-state index in [4.69, 9.17) is 0 Å². The summed E-state index contributed by atoms with van der Waals surface area (Å²) >= 11 is 1.22. The average Bonchev–Trinajstić information content (AvgIpc) is 2.79. The van der Waals surface area contributed by atoms with Gasteiger partial charge in [-0.05, 0) is 18.8 Å². The Morgan fingerprint density at radius 1 is 1.35 bits per heavy atom. The van der Waals surface area contributed by atoms with E-state index in [1.54, 1.807) is 4.90 Å². The third-order valence-corrected chi connectivity index (χ3v) is 5.37. The fourth-order valence-electron chi connectivity index (χ4n) is 3.28. The van der Waals surface area contributed by atoms with Crippen LogP contribution in [0.25, 0.3) is 0 Å². The molecule has 1 unspecified atom stereocenters. The number of hydrogen-bond donors (Lipinski definition) is 1. The number of carbonyl (C=O) groups is 3. The van der Waals surface area contributed by atoms with Gasteiger partial charge in [0.25, 0.3) is 0 Å². The second-order valence-electron chi connectivity index (χ2n) is 5.77. The monoisotopic (exact) mass is 299 g/mol. The highest BCUT2D eigenvalue weighted by Gasteiger charge is 2.50. The Bertz CT molecular complexity index is 417. The SMILES string of the molecule is CC(=O)SCC1CC(=O)N(C2(C(=O)O)CCCCC2)C1. The lowest BCUT2D eigenvalue weighted by molar-refractivity contribution is -0.159. The van der Waals surface area contributed by atoms with Crippen LogP contribution < -0.4 is 0 Å². The minimum Gasteiger partial charge on any atom is -0.479 e. The molecule has 112 valence electrons. The van der Waals surface area contributed by atoms with Crippen molar-refractivity contribution in [3.63, 3.8) is 0 Å². The molecule has 0 aromatic carbocycles. The standard InChI is InChI=1S/C14H21NO4S/c1-10(16)20-9-11-7-12(17)15(8-11)14(13(18)19)5-3-2-4-6-14/h11H,2-9H2,1H3,(H,18,19). The summed E-state index contributed by atoms with van der Waals surface area (Å²) in [6, 6.07) is 0. The van der Waals surface area contributed by atoms with Crippen molar-refractivity contribution in [3.05, 3.63) is 0 Å². The molecule has 2 rings (SSSR count). The molecule has 2 aliphatic rings. The molecule has 0 bridgehead atoms. The Balaban J connectivity index is 2.08. The summed E-state index contributed by atoms with van der Waals surface area (Å²) in [4.78, 5) is 36.5. The number of rotatable bonds is 4. The Kier molecular flexibility index (Phi) is 4.73. The Hall–Kier alpha value is -1.04. The lowest BCUT2D eigenvalue weighted by Crippen LogP contribution is -2.56. The van der Waals surface area contributed by atoms with Crippen LogP contribution in [0, 0.1) is 5.92 Å². The van der Waals surface area contributed by atoms with Gasteiger partial charge >= 0.3 is 5.97 Å². The van der Waals surface area contributed by atoms with E-state index in [2.05, 4.69) is 0 Å². The van der Waals surface area contributed by atoms with Crippen molar-refractivity contribution in [2.24, 2.45) is 5.92 Å². The fourth-order valence-corrected chi connectivity index (χ4v) is 3.97. The summed E-state index contributed by atoms with van der Waals surface area (Å²) in [5.74, 6) is -0.240. The molecule has 20 heavy (non-hydrogen) atoms. The van der Waals surface area contributed by atoms with Crippen molar-refractivity contribution < 1.29 is 19.5 Å². The first-order valence-corrected chi connectivity index (χ1v) is 8.11. The van der Waals surface area contributed by atoms with Crippen LogP contribution in [0.4, 0.5) is 0 Å². The summed E-state index contributed by atoms with van der Waals surface area (Å²) in [6.07, 6.45) is 4.25. The van der Waals surface area contributed by atoms with Crippen LogP contribution in [-0.4, -0.2) is 44.8 Å². The third-order valence-electron chi connectivity index (χ3n) is 4.32. The highest BCUT2D eigenvalue weighted by molar-refractivity contribution is 8.13. The summed E-state index contributed by atoms with van der Waals surface area (Å²) < 4.78 is 0. The second-order valence-corrected chi connectivity index (χ2v) is 6.97. The molecule has 0 aromatic rings. The molecule has 1 saturated carbocycles. The summed E-state index contributed by atoms with van der Waals surface area (Å²) in [5.41, 5.74) is -0.995. The number of amides is 1. The van der Waals surface area contributed by atoms with Gasteiger partial charge in [0.2, 0.25) is 5.91 Å². The molecule has 6 heteroatoms. The predicted molar refractivity (Wildman–Crippen MR) is 76.4 cm³/mol. The maximum atomic E-state index is 12.2. The number of carbonyl (C=O) groups excluding carboxylic acids is 2. The van der Waals surface area contributed by atoms with Crippen molar-refractivity contribution in [2.75, 3.05) is 12.3 Å². The quantitative estimate of drug-likeness (QED) is 0.858. The molecular weight excluding hydrogens is 278 g/mol. The Labute approximate surface area is 123 Å². The van der Waals surface area contributed by atoms with Gasteiger partial charge in [-0.2, -0.15) is 0 Å². The van der Waals surface area contributed by atoms with Gasteiger partial charge in [-0.15, -0.1) is 0 Å². The van der Waals surface area contributed by atoms with E-state index in [1.165, 1.54) is 18.7 Å². The highest BCUT2D eigenvalue weighted by Crippen LogP contribution is 2.38. The van der Waals surface area contributed by atoms with Crippen LogP contribution in [0.15, 0.2) is 0 Å². The van der Waals surface area contributed by atoms with Crippen LogP contribution in [0.5, 0.6) is 0 Å². The van der Waals surface area contributed by atoms with Gasteiger partial charge in [0.15, 0.2) is 5.12 Å². The first-order chi connectivity index (χ1) is 9.45. The van der Waals surface area contributed by atoms with Crippen LogP contribution >= 0.6 is 11.8 Å². The highest BCUT2D eigenvalue weighted by atomic mass is 32.2. The molecule has 1 aliphatic heterocycles. The lowest BCUT2D eigenvalue weighted by atomic mass is 9.80. The van der Waals surface area contributed by atoms with Crippen molar-refractivity contribution >= 4 is 28.8 Å². The number of carboxylic acid groups (broad SMARTS) is 1. The zero-order valence-electron chi connectivity index (χ0n) is 11.8. The first kappa shape index (κ1) is 15.4. The second kappa shape index (κ2) is 6.16. The molecule has 0 spiro atoms. The predicted octanol–water partition coefficient (Wildman–Crippen LogP) is 1.90. The zero-order chi connectivity index (χ0) is 14.8. The van der Waals surface area contributed by atoms with Crippen LogP contribution in [0.2, 0.25) is 0 Å². The summed E-state index contributed by atoms with van der Waals surface area (Å²) in [7, 11) is 0. The molecular formula is C14H21NO4S. The van der Waals surface area contributed by atoms with Gasteiger partial charge in [0, 0.05) is 25.6 Å². The first-order valence-electron chi connectivity index (χ1n) is 7.13. The number of carboxylic acids is 1. The molecule has 0 radical (unpaired) electrons. The zero-order valence-corrected chi connectivity index (χ0v) is 12.6. The molecule has 1 saturated heterocycles. The van der Waals surface area contributed by atoms with Crippen molar-refractivity contribution in [1.82, 2.24) is 4.90 Å². The largest absolute Gasteiger partial charge is 0.479 e. The minimum atomic E-state index is -0.995. The van der Waals surface area contributed by atoms with Crippen molar-refractivity contribution in [1.29, 1.82) is 0 Å². The van der Waals surface area contributed by atoms with E-state index in [0.717, 1.165) is 19.3 Å². The molecule has 1 N–H and O–H groups in total. The van der Waals surface area contributed by atoms with Gasteiger partial charge in [0.1, 0.15) is 5.54 Å². The normalized spacial score (nSPS) is 25.8. The molecule has 0 aromatic heterocycles. The van der Waals surface area contributed by atoms with E-state index >= 15 is 0 Å². The molecule has 1 aliphatic carbocycles. The smallest absolute Gasteiger partial charge is 0.329 e. The molecule has 2 fully saturated rings. The van der Waals surface area contributed by atoms with Crippen molar-refractivity contribution in [3.8, 4) is 0 Å². The van der Waals surface area contributed by atoms with Gasteiger partial charge in [-0.1, -0.05) is 31.0 Å². The van der Waals surface area contributed by atoms with E-state index in [1.807, 2.05) is 0 Å². The van der Waals surface area contributed by atoms with Crippen LogP contribution in [0.3, 0.4) is 0 Å². The van der Waals surface area contributed by atoms with Crippen LogP contribution in [-0.2, 0) is 14.4 Å². The maximum Gasteiger partial charge on any atom is 0.329 e. The number of likely N-dealkylation sites (tertiary alicyclic amines) is 1. The minimum absolute atomic E-state index is 0.0431. The molecule has 1 atom stereocenters. The summed E-state index contributed by atoms with van der Waals surface area (Å²) in [5, 5.41) is 9.66. The maximum absolute atomic E-state index is 12.2. The van der Waals surface area contributed by atoms with E-state index in [-0.39, 0.29) is 16.9 Å². The molecule has 1 amide bonds. The number of nitrogens with zero attached hydrogens (tertiary/aromatic N) is 1. The van der Waals surface area contributed by atoms with Crippen molar-refractivity contribution in [2.45, 2.75) is 51.0 Å². The van der Waals surface area contributed by atoms with E-state index in [0.29, 0.717) is 31.6 Å². The Morgan fingerprint density at radius 2 is 2.00 bits per heavy atom. The van der Waals surface area contributed by atoms with Gasteiger partial charge < -0.3 is 10.0 Å². The topological polar surface area (TPSA) is 74.7 Å². The summed E-state index contributed by atoms with van der Waals surface area (Å²) in [6.45, 7) is 1.99. The molecule has 1 heterocycles. The van der Waals surface area contributed by atoms with E-state index in [9.17, 15) is 19.5 Å².